The quantitative estimate of drug-likeness (QED) is 0.822. The molecular formula is C18H20BrNO2. The van der Waals surface area contributed by atoms with Gasteiger partial charge >= 0.3 is 0 Å². The van der Waals surface area contributed by atoms with E-state index in [0.717, 1.165) is 15.7 Å². The van der Waals surface area contributed by atoms with E-state index >= 15 is 0 Å². The van der Waals surface area contributed by atoms with Gasteiger partial charge in [0.05, 0.1) is 0 Å². The van der Waals surface area contributed by atoms with Gasteiger partial charge in [0.15, 0.2) is 6.61 Å². The van der Waals surface area contributed by atoms with Crippen LogP contribution in [0.5, 0.6) is 5.75 Å². The Bertz CT molecular complexity index is 668. The van der Waals surface area contributed by atoms with E-state index in [1.165, 1.54) is 5.56 Å². The average molecular weight is 362 g/mol. The van der Waals surface area contributed by atoms with Gasteiger partial charge in [-0.05, 0) is 54.3 Å². The molecule has 2 rings (SSSR count). The smallest absolute Gasteiger partial charge is 0.262 e. The van der Waals surface area contributed by atoms with Crippen molar-refractivity contribution in [2.75, 3.05) is 11.9 Å². The van der Waals surface area contributed by atoms with Crippen molar-refractivity contribution in [2.24, 2.45) is 0 Å². The van der Waals surface area contributed by atoms with Gasteiger partial charge in [-0.1, -0.05) is 41.9 Å². The Morgan fingerprint density at radius 2 is 2.00 bits per heavy atom. The molecule has 22 heavy (non-hydrogen) atoms. The zero-order valence-corrected chi connectivity index (χ0v) is 14.6. The second kappa shape index (κ2) is 7.45. The third-order valence-electron chi connectivity index (χ3n) is 3.36. The van der Waals surface area contributed by atoms with E-state index in [-0.39, 0.29) is 12.5 Å². The zero-order valence-electron chi connectivity index (χ0n) is 13.0. The summed E-state index contributed by atoms with van der Waals surface area (Å²) in [4.78, 5) is 12.0. The molecule has 0 radical (unpaired) electrons. The molecule has 0 atom stereocenters. The summed E-state index contributed by atoms with van der Waals surface area (Å²) in [5.74, 6) is 0.983. The van der Waals surface area contributed by atoms with Gasteiger partial charge in [-0.25, -0.2) is 0 Å². The molecule has 0 spiro atoms. The maximum Gasteiger partial charge on any atom is 0.262 e. The van der Waals surface area contributed by atoms with E-state index in [0.29, 0.717) is 11.7 Å². The van der Waals surface area contributed by atoms with E-state index in [1.807, 2.05) is 43.3 Å². The first-order valence-electron chi connectivity index (χ1n) is 7.24. The molecule has 4 heteroatoms. The fraction of sp³-hybridized carbons (Fsp3) is 0.278. The molecule has 0 fully saturated rings. The normalized spacial score (nSPS) is 10.6. The van der Waals surface area contributed by atoms with E-state index in [9.17, 15) is 4.79 Å². The summed E-state index contributed by atoms with van der Waals surface area (Å²) in [5, 5.41) is 2.86. The number of halogens is 1. The van der Waals surface area contributed by atoms with Crippen molar-refractivity contribution in [3.8, 4) is 5.75 Å². The molecule has 0 saturated heterocycles. The molecule has 1 amide bonds. The highest BCUT2D eigenvalue weighted by Crippen LogP contribution is 2.21. The minimum absolute atomic E-state index is 0.00292. The third kappa shape index (κ3) is 4.60. The Morgan fingerprint density at radius 3 is 2.68 bits per heavy atom. The van der Waals surface area contributed by atoms with Crippen LogP contribution in [-0.2, 0) is 4.79 Å². The number of hydrogen-bond acceptors (Lipinski definition) is 2. The molecular weight excluding hydrogens is 342 g/mol. The first kappa shape index (κ1) is 16.6. The molecule has 0 aromatic heterocycles. The molecule has 1 N–H and O–H groups in total. The van der Waals surface area contributed by atoms with Crippen molar-refractivity contribution >= 4 is 27.5 Å². The highest BCUT2D eigenvalue weighted by atomic mass is 79.9. The van der Waals surface area contributed by atoms with Crippen LogP contribution in [-0.4, -0.2) is 12.5 Å². The summed E-state index contributed by atoms with van der Waals surface area (Å²) in [6.07, 6.45) is 0. The minimum Gasteiger partial charge on any atom is -0.484 e. The number of aryl methyl sites for hydroxylation is 1. The lowest BCUT2D eigenvalue weighted by molar-refractivity contribution is -0.118. The van der Waals surface area contributed by atoms with Crippen molar-refractivity contribution in [1.29, 1.82) is 0 Å². The summed E-state index contributed by atoms with van der Waals surface area (Å²) in [5.41, 5.74) is 3.00. The van der Waals surface area contributed by atoms with Crippen molar-refractivity contribution in [2.45, 2.75) is 26.7 Å². The largest absolute Gasteiger partial charge is 0.484 e. The van der Waals surface area contributed by atoms with Crippen LogP contribution < -0.4 is 10.1 Å². The predicted molar refractivity (Wildman–Crippen MR) is 93.5 cm³/mol. The van der Waals surface area contributed by atoms with Gasteiger partial charge in [-0.3, -0.25) is 4.79 Å². The van der Waals surface area contributed by atoms with E-state index in [4.69, 9.17) is 4.74 Å². The fourth-order valence-corrected chi connectivity index (χ4v) is 2.54. The number of rotatable bonds is 5. The van der Waals surface area contributed by atoms with Gasteiger partial charge in [-0.2, -0.15) is 0 Å². The highest BCUT2D eigenvalue weighted by Gasteiger charge is 2.07. The molecule has 2 aromatic rings. The molecule has 0 bridgehead atoms. The number of ether oxygens (including phenoxy) is 1. The first-order valence-corrected chi connectivity index (χ1v) is 8.04. The molecule has 0 saturated carbocycles. The Kier molecular flexibility index (Phi) is 5.61. The summed E-state index contributed by atoms with van der Waals surface area (Å²) in [7, 11) is 0. The zero-order chi connectivity index (χ0) is 16.1. The monoisotopic (exact) mass is 361 g/mol. The van der Waals surface area contributed by atoms with Crippen LogP contribution in [0.25, 0.3) is 0 Å². The van der Waals surface area contributed by atoms with Crippen LogP contribution in [0.4, 0.5) is 5.69 Å². The number of anilines is 1. The molecule has 0 aliphatic heterocycles. The average Bonchev–Trinajstić information content (AvgIpc) is 2.48. The van der Waals surface area contributed by atoms with Crippen molar-refractivity contribution in [3.63, 3.8) is 0 Å². The molecule has 0 aliphatic carbocycles. The first-order chi connectivity index (χ1) is 10.5. The van der Waals surface area contributed by atoms with Gasteiger partial charge in [0.25, 0.3) is 5.91 Å². The second-order valence-electron chi connectivity index (χ2n) is 5.52. The second-order valence-corrected chi connectivity index (χ2v) is 6.44. The number of nitrogens with one attached hydrogen (secondary N) is 1. The van der Waals surface area contributed by atoms with E-state index in [1.54, 1.807) is 0 Å². The van der Waals surface area contributed by atoms with Crippen LogP contribution in [0.3, 0.4) is 0 Å². The maximum atomic E-state index is 12.0. The molecule has 3 nitrogen and oxygen atoms in total. The fourth-order valence-electron chi connectivity index (χ4n) is 2.07. The molecule has 0 aliphatic rings. The summed E-state index contributed by atoms with van der Waals surface area (Å²) in [6.45, 7) is 6.20. The van der Waals surface area contributed by atoms with Crippen molar-refractivity contribution in [3.05, 3.63) is 58.1 Å². The molecule has 2 aromatic carbocycles. The molecule has 0 heterocycles. The van der Waals surface area contributed by atoms with Gasteiger partial charge in [0.2, 0.25) is 0 Å². The van der Waals surface area contributed by atoms with Gasteiger partial charge < -0.3 is 10.1 Å². The van der Waals surface area contributed by atoms with Crippen LogP contribution >= 0.6 is 15.9 Å². The van der Waals surface area contributed by atoms with E-state index < -0.39 is 0 Å². The number of carbonyl (C=O) groups excluding carboxylic acids is 1. The summed E-state index contributed by atoms with van der Waals surface area (Å²) >= 11 is 3.40. The highest BCUT2D eigenvalue weighted by molar-refractivity contribution is 9.10. The lowest BCUT2D eigenvalue weighted by Crippen LogP contribution is -2.20. The summed E-state index contributed by atoms with van der Waals surface area (Å²) in [6, 6.07) is 13.6. The minimum atomic E-state index is -0.166. The number of hydrogen-bond donors (Lipinski definition) is 1. The van der Waals surface area contributed by atoms with Crippen LogP contribution in [0.15, 0.2) is 46.9 Å². The van der Waals surface area contributed by atoms with Crippen LogP contribution in [0.1, 0.15) is 30.9 Å². The molecule has 0 unspecified atom stereocenters. The third-order valence-corrected chi connectivity index (χ3v) is 3.85. The standard InChI is InChI=1S/C18H20BrNO2/c1-12(2)14-5-4-6-16(10-14)22-11-18(21)20-17-8-7-15(19)9-13(17)3/h4-10,12H,11H2,1-3H3,(H,20,21). The van der Waals surface area contributed by atoms with Crippen LogP contribution in [0.2, 0.25) is 0 Å². The van der Waals surface area contributed by atoms with E-state index in [2.05, 4.69) is 41.2 Å². The Labute approximate surface area is 139 Å². The maximum absolute atomic E-state index is 12.0. The Hall–Kier alpha value is -1.81. The van der Waals surface area contributed by atoms with Crippen LogP contribution in [0, 0.1) is 6.92 Å². The summed E-state index contributed by atoms with van der Waals surface area (Å²) < 4.78 is 6.56. The number of amides is 1. The van der Waals surface area contributed by atoms with Gasteiger partial charge in [0, 0.05) is 10.2 Å². The van der Waals surface area contributed by atoms with Crippen molar-refractivity contribution < 1.29 is 9.53 Å². The SMILES string of the molecule is Cc1cc(Br)ccc1NC(=O)COc1cccc(C(C)C)c1. The predicted octanol–water partition coefficient (Wildman–Crippen LogP) is 4.90. The van der Waals surface area contributed by atoms with Crippen molar-refractivity contribution in [1.82, 2.24) is 0 Å². The number of carbonyl (C=O) groups is 1. The Balaban J connectivity index is 1.94. The number of benzene rings is 2. The van der Waals surface area contributed by atoms with Gasteiger partial charge in [0.1, 0.15) is 5.75 Å². The topological polar surface area (TPSA) is 38.3 Å². The lowest BCUT2D eigenvalue weighted by atomic mass is 10.0. The Morgan fingerprint density at radius 1 is 1.23 bits per heavy atom. The van der Waals surface area contributed by atoms with Gasteiger partial charge in [-0.15, -0.1) is 0 Å². The lowest BCUT2D eigenvalue weighted by Gasteiger charge is -2.11. The molecule has 116 valence electrons.